The second-order valence-electron chi connectivity index (χ2n) is 3.25. The Balaban J connectivity index is 2.20. The number of benzene rings is 1. The van der Waals surface area contributed by atoms with E-state index in [-0.39, 0.29) is 17.3 Å². The molecule has 1 aromatic carbocycles. The third-order valence-electron chi connectivity index (χ3n) is 2.05. The van der Waals surface area contributed by atoms with Crippen LogP contribution in [0.15, 0.2) is 34.9 Å². The van der Waals surface area contributed by atoms with E-state index in [9.17, 15) is 13.6 Å². The van der Waals surface area contributed by atoms with Crippen LogP contribution in [0, 0.1) is 0 Å². The van der Waals surface area contributed by atoms with Crippen molar-refractivity contribution >= 4 is 5.97 Å². The maximum atomic E-state index is 11.9. The van der Waals surface area contributed by atoms with Gasteiger partial charge in [0.25, 0.3) is 0 Å². The van der Waals surface area contributed by atoms with Crippen molar-refractivity contribution in [2.24, 2.45) is 0 Å². The number of carboxylic acid groups (broad SMARTS) is 1. The van der Waals surface area contributed by atoms with Crippen LogP contribution in [0.3, 0.4) is 0 Å². The van der Waals surface area contributed by atoms with Gasteiger partial charge in [0.05, 0.1) is 0 Å². The molecule has 0 saturated carbocycles. The van der Waals surface area contributed by atoms with E-state index in [0.717, 1.165) is 6.26 Å². The monoisotopic (exact) mass is 255 g/mol. The largest absolute Gasteiger partial charge is 0.476 e. The molecule has 0 aliphatic carbocycles. The summed E-state index contributed by atoms with van der Waals surface area (Å²) < 4.78 is 33.0. The number of rotatable bonds is 4. The van der Waals surface area contributed by atoms with E-state index in [1.165, 1.54) is 24.3 Å². The van der Waals surface area contributed by atoms with Gasteiger partial charge >= 0.3 is 12.6 Å². The Bertz CT molecular complexity index is 550. The van der Waals surface area contributed by atoms with E-state index < -0.39 is 12.6 Å². The summed E-state index contributed by atoms with van der Waals surface area (Å²) in [6.45, 7) is -2.89. The lowest BCUT2D eigenvalue weighted by atomic mass is 10.2. The zero-order valence-electron chi connectivity index (χ0n) is 8.84. The van der Waals surface area contributed by atoms with Gasteiger partial charge in [0.15, 0.2) is 5.69 Å². The molecule has 0 unspecified atom stereocenters. The van der Waals surface area contributed by atoms with Gasteiger partial charge in [-0.05, 0) is 24.3 Å². The first kappa shape index (κ1) is 12.0. The molecule has 0 aliphatic heterocycles. The molecule has 2 aromatic rings. The fourth-order valence-corrected chi connectivity index (χ4v) is 1.28. The molecule has 0 saturated heterocycles. The predicted molar refractivity (Wildman–Crippen MR) is 55.5 cm³/mol. The van der Waals surface area contributed by atoms with Crippen LogP contribution >= 0.6 is 0 Å². The number of alkyl halides is 2. The van der Waals surface area contributed by atoms with Crippen molar-refractivity contribution in [2.75, 3.05) is 0 Å². The lowest BCUT2D eigenvalue weighted by molar-refractivity contribution is -0.0498. The highest BCUT2D eigenvalue weighted by Crippen LogP contribution is 2.22. The minimum Gasteiger partial charge on any atom is -0.476 e. The first-order valence-corrected chi connectivity index (χ1v) is 4.80. The Morgan fingerprint density at radius 3 is 2.50 bits per heavy atom. The summed E-state index contributed by atoms with van der Waals surface area (Å²) >= 11 is 0. The molecule has 0 amide bonds. The number of aromatic nitrogens is 1. The van der Waals surface area contributed by atoms with Crippen molar-refractivity contribution in [3.63, 3.8) is 0 Å². The van der Waals surface area contributed by atoms with Gasteiger partial charge < -0.3 is 14.3 Å². The zero-order valence-corrected chi connectivity index (χ0v) is 8.84. The third kappa shape index (κ3) is 2.62. The summed E-state index contributed by atoms with van der Waals surface area (Å²) in [7, 11) is 0. The summed E-state index contributed by atoms with van der Waals surface area (Å²) in [5.74, 6) is -1.11. The highest BCUT2D eigenvalue weighted by atomic mass is 19.3. The summed E-state index contributed by atoms with van der Waals surface area (Å²) in [5.41, 5.74) is 0.238. The Morgan fingerprint density at radius 2 is 2.00 bits per heavy atom. The molecule has 18 heavy (non-hydrogen) atoms. The standard InChI is InChI=1S/C11H7F2NO4/c12-11(13)18-7-3-1-6(2-4-7)9-14-8(5-17-9)10(15)16/h1-5,11H,(H,15,16). The van der Waals surface area contributed by atoms with Gasteiger partial charge in [-0.1, -0.05) is 0 Å². The number of halogens is 2. The zero-order chi connectivity index (χ0) is 13.1. The van der Waals surface area contributed by atoms with Crippen LogP contribution < -0.4 is 4.74 Å². The molecule has 2 rings (SSSR count). The molecule has 1 heterocycles. The SMILES string of the molecule is O=C(O)c1coc(-c2ccc(OC(F)F)cc2)n1. The minimum absolute atomic E-state index is 0.00114. The maximum Gasteiger partial charge on any atom is 0.387 e. The maximum absolute atomic E-state index is 11.9. The average molecular weight is 255 g/mol. The molecule has 0 atom stereocenters. The van der Waals surface area contributed by atoms with E-state index in [0.29, 0.717) is 5.56 Å². The fourth-order valence-electron chi connectivity index (χ4n) is 1.28. The van der Waals surface area contributed by atoms with Crippen LogP contribution in [0.25, 0.3) is 11.5 Å². The van der Waals surface area contributed by atoms with Crippen LogP contribution in [0.1, 0.15) is 10.5 Å². The lowest BCUT2D eigenvalue weighted by Gasteiger charge is -2.03. The molecule has 0 radical (unpaired) electrons. The van der Waals surface area contributed by atoms with Crippen LogP contribution in [0.5, 0.6) is 5.75 Å². The summed E-state index contributed by atoms with van der Waals surface area (Å²) in [6, 6.07) is 5.50. The van der Waals surface area contributed by atoms with Crippen molar-refractivity contribution in [1.29, 1.82) is 0 Å². The molecule has 7 heteroatoms. The summed E-state index contributed by atoms with van der Waals surface area (Å²) in [5, 5.41) is 8.66. The number of hydrogen-bond donors (Lipinski definition) is 1. The first-order chi connectivity index (χ1) is 8.56. The van der Waals surface area contributed by atoms with Crippen molar-refractivity contribution in [1.82, 2.24) is 4.98 Å². The number of oxazole rings is 1. The molecule has 0 fully saturated rings. The molecule has 1 aromatic heterocycles. The first-order valence-electron chi connectivity index (χ1n) is 4.80. The Hall–Kier alpha value is -2.44. The van der Waals surface area contributed by atoms with Crippen molar-refractivity contribution in [3.05, 3.63) is 36.2 Å². The Kier molecular flexibility index (Phi) is 3.22. The van der Waals surface area contributed by atoms with Gasteiger partial charge in [-0.3, -0.25) is 0 Å². The smallest absolute Gasteiger partial charge is 0.387 e. The normalized spacial score (nSPS) is 10.6. The molecule has 0 bridgehead atoms. The number of ether oxygens (including phenoxy) is 1. The van der Waals surface area contributed by atoms with Crippen LogP contribution in [-0.4, -0.2) is 22.7 Å². The van der Waals surface area contributed by atoms with Gasteiger partial charge in [-0.15, -0.1) is 0 Å². The molecule has 0 aliphatic rings. The number of carboxylic acids is 1. The average Bonchev–Trinajstić information content (AvgIpc) is 2.78. The highest BCUT2D eigenvalue weighted by Gasteiger charge is 2.12. The van der Waals surface area contributed by atoms with Gasteiger partial charge in [0, 0.05) is 5.56 Å². The fraction of sp³-hybridized carbons (Fsp3) is 0.0909. The molecular formula is C11H7F2NO4. The van der Waals surface area contributed by atoms with Gasteiger partial charge in [-0.2, -0.15) is 8.78 Å². The van der Waals surface area contributed by atoms with Crippen LogP contribution in [0.4, 0.5) is 8.78 Å². The second-order valence-corrected chi connectivity index (χ2v) is 3.25. The van der Waals surface area contributed by atoms with Crippen LogP contribution in [-0.2, 0) is 0 Å². The number of nitrogens with zero attached hydrogens (tertiary/aromatic N) is 1. The van der Waals surface area contributed by atoms with E-state index in [4.69, 9.17) is 9.52 Å². The van der Waals surface area contributed by atoms with Gasteiger partial charge in [0.1, 0.15) is 12.0 Å². The third-order valence-corrected chi connectivity index (χ3v) is 2.05. The molecule has 1 N–H and O–H groups in total. The molecule has 94 valence electrons. The van der Waals surface area contributed by atoms with E-state index >= 15 is 0 Å². The van der Waals surface area contributed by atoms with E-state index in [2.05, 4.69) is 9.72 Å². The van der Waals surface area contributed by atoms with Gasteiger partial charge in [0.2, 0.25) is 5.89 Å². The molecular weight excluding hydrogens is 248 g/mol. The molecule has 0 spiro atoms. The Labute approximate surface area is 99.6 Å². The molecule has 5 nitrogen and oxygen atoms in total. The van der Waals surface area contributed by atoms with Crippen LogP contribution in [0.2, 0.25) is 0 Å². The van der Waals surface area contributed by atoms with Crippen molar-refractivity contribution in [2.45, 2.75) is 6.61 Å². The number of carbonyl (C=O) groups is 1. The van der Waals surface area contributed by atoms with E-state index in [1.54, 1.807) is 0 Å². The Morgan fingerprint density at radius 1 is 1.33 bits per heavy atom. The summed E-state index contributed by atoms with van der Waals surface area (Å²) in [6.07, 6.45) is 1.00. The highest BCUT2D eigenvalue weighted by molar-refractivity contribution is 5.85. The predicted octanol–water partition coefficient (Wildman–Crippen LogP) is 2.64. The topological polar surface area (TPSA) is 72.6 Å². The summed E-state index contributed by atoms with van der Waals surface area (Å²) in [4.78, 5) is 14.3. The second kappa shape index (κ2) is 4.82. The number of aromatic carboxylic acids is 1. The lowest BCUT2D eigenvalue weighted by Crippen LogP contribution is -2.01. The van der Waals surface area contributed by atoms with E-state index in [1.807, 2.05) is 0 Å². The van der Waals surface area contributed by atoms with Crippen molar-refractivity contribution < 1.29 is 27.8 Å². The minimum atomic E-state index is -2.89. The van der Waals surface area contributed by atoms with Crippen molar-refractivity contribution in [3.8, 4) is 17.2 Å². The van der Waals surface area contributed by atoms with Gasteiger partial charge in [-0.25, -0.2) is 9.78 Å². The quantitative estimate of drug-likeness (QED) is 0.909. The number of hydrogen-bond acceptors (Lipinski definition) is 4.